The number of thiazole rings is 1. The zero-order chi connectivity index (χ0) is 23.5. The summed E-state index contributed by atoms with van der Waals surface area (Å²) in [4.78, 5) is 21.8. The predicted molar refractivity (Wildman–Crippen MR) is 129 cm³/mol. The number of anilines is 2. The summed E-state index contributed by atoms with van der Waals surface area (Å²) in [6.45, 7) is 4.79. The van der Waals surface area contributed by atoms with Crippen LogP contribution in [-0.2, 0) is 26.2 Å². The van der Waals surface area contributed by atoms with Crippen molar-refractivity contribution in [2.75, 3.05) is 22.9 Å². The maximum absolute atomic E-state index is 13.0. The second-order valence-corrected chi connectivity index (χ2v) is 10.9. The molecule has 1 N–H and O–H groups in total. The van der Waals surface area contributed by atoms with Crippen molar-refractivity contribution in [3.63, 3.8) is 0 Å². The Balaban J connectivity index is 1.49. The maximum Gasteiger partial charge on any atom is 0.322 e. The third kappa shape index (κ3) is 5.30. The van der Waals surface area contributed by atoms with Crippen LogP contribution < -0.4 is 9.79 Å². The highest BCUT2D eigenvalue weighted by atomic mass is 35.5. The summed E-state index contributed by atoms with van der Waals surface area (Å²) in [7, 11) is -4.21. The van der Waals surface area contributed by atoms with Crippen molar-refractivity contribution in [1.29, 1.82) is 0 Å². The second-order valence-electron chi connectivity index (χ2n) is 8.05. The number of benzene rings is 2. The molecule has 0 spiro atoms. The van der Waals surface area contributed by atoms with Crippen LogP contribution in [0.2, 0.25) is 5.02 Å². The SMILES string of the molecule is C[C@]1(Nc2ccc(S(=O)(=O)N(OC=O)c3cscn3)cc2Cl)CCN(Cc2ccccc2)C1. The van der Waals surface area contributed by atoms with Gasteiger partial charge in [0.1, 0.15) is 0 Å². The summed E-state index contributed by atoms with van der Waals surface area (Å²) in [6.07, 6.45) is 0.918. The molecule has 33 heavy (non-hydrogen) atoms. The molecule has 174 valence electrons. The number of hydrogen-bond acceptors (Lipinski definition) is 8. The fourth-order valence-corrected chi connectivity index (χ4v) is 5.94. The molecule has 2 heterocycles. The highest BCUT2D eigenvalue weighted by Gasteiger charge is 2.34. The van der Waals surface area contributed by atoms with E-state index in [1.165, 1.54) is 39.9 Å². The Labute approximate surface area is 201 Å². The largest absolute Gasteiger partial charge is 0.377 e. The van der Waals surface area contributed by atoms with E-state index in [2.05, 4.69) is 34.3 Å². The van der Waals surface area contributed by atoms with E-state index in [0.29, 0.717) is 10.2 Å². The van der Waals surface area contributed by atoms with Crippen LogP contribution in [0.1, 0.15) is 18.9 Å². The van der Waals surface area contributed by atoms with E-state index in [0.717, 1.165) is 26.1 Å². The Morgan fingerprint density at radius 2 is 2.09 bits per heavy atom. The molecule has 1 aliphatic rings. The fourth-order valence-electron chi connectivity index (χ4n) is 3.88. The average Bonchev–Trinajstić information content (AvgIpc) is 3.44. The molecule has 0 radical (unpaired) electrons. The minimum Gasteiger partial charge on any atom is -0.377 e. The number of sulfonamides is 1. The number of carbonyl (C=O) groups is 1. The number of carbonyl (C=O) groups excluding carboxylic acids is 1. The molecule has 0 unspecified atom stereocenters. The maximum atomic E-state index is 13.0. The van der Waals surface area contributed by atoms with Gasteiger partial charge in [0.2, 0.25) is 0 Å². The first kappa shape index (κ1) is 23.5. The molecular formula is C22H23ClN4O4S2. The minimum absolute atomic E-state index is 0.0117. The van der Waals surface area contributed by atoms with Crippen molar-refractivity contribution in [2.24, 2.45) is 0 Å². The molecule has 1 aromatic heterocycles. The van der Waals surface area contributed by atoms with Gasteiger partial charge >= 0.3 is 6.47 Å². The van der Waals surface area contributed by atoms with Crippen molar-refractivity contribution >= 4 is 50.9 Å². The first-order chi connectivity index (χ1) is 15.8. The first-order valence-corrected chi connectivity index (χ1v) is 12.9. The Hall–Kier alpha value is -2.66. The molecule has 3 aromatic rings. The molecule has 1 atom stereocenters. The van der Waals surface area contributed by atoms with Crippen LogP contribution in [0.5, 0.6) is 0 Å². The van der Waals surface area contributed by atoms with Crippen LogP contribution in [0.3, 0.4) is 0 Å². The number of nitrogens with zero attached hydrogens (tertiary/aromatic N) is 3. The van der Waals surface area contributed by atoms with Crippen LogP contribution in [0, 0.1) is 0 Å². The molecule has 11 heteroatoms. The quantitative estimate of drug-likeness (QED) is 0.344. The molecule has 0 amide bonds. The van der Waals surface area contributed by atoms with Crippen molar-refractivity contribution in [1.82, 2.24) is 9.88 Å². The molecule has 1 saturated heterocycles. The van der Waals surface area contributed by atoms with Gasteiger partial charge in [0, 0.05) is 30.6 Å². The van der Waals surface area contributed by atoms with Crippen LogP contribution in [0.25, 0.3) is 0 Å². The standard InChI is InChI=1S/C22H23ClN4O4S2/c1-22(9-10-26(14-22)12-17-5-3-2-4-6-17)25-20-8-7-18(11-19(20)23)33(29,30)27(31-16-28)21-13-32-15-24-21/h2-8,11,13,15-16,25H,9-10,12,14H2,1H3/t22-/m0/s1. The fraction of sp³-hybridized carbons (Fsp3) is 0.273. The van der Waals surface area contributed by atoms with Gasteiger partial charge in [-0.05, 0) is 37.1 Å². The number of hydrogen-bond donors (Lipinski definition) is 1. The monoisotopic (exact) mass is 506 g/mol. The Bertz CT molecular complexity index is 1210. The molecule has 0 bridgehead atoms. The van der Waals surface area contributed by atoms with Gasteiger partial charge in [0.25, 0.3) is 10.0 Å². The summed E-state index contributed by atoms with van der Waals surface area (Å²) in [5.74, 6) is -0.0117. The summed E-state index contributed by atoms with van der Waals surface area (Å²) in [5.41, 5.74) is 3.12. The number of likely N-dealkylation sites (tertiary alicyclic amines) is 1. The predicted octanol–water partition coefficient (Wildman–Crippen LogP) is 4.16. The van der Waals surface area contributed by atoms with Gasteiger partial charge in [0.15, 0.2) is 5.82 Å². The van der Waals surface area contributed by atoms with Gasteiger partial charge in [-0.2, -0.15) is 8.42 Å². The lowest BCUT2D eigenvalue weighted by atomic mass is 10.0. The Kier molecular flexibility index (Phi) is 6.89. The van der Waals surface area contributed by atoms with Gasteiger partial charge in [0.05, 0.1) is 21.1 Å². The summed E-state index contributed by atoms with van der Waals surface area (Å²) in [5, 5.41) is 5.19. The summed E-state index contributed by atoms with van der Waals surface area (Å²) >= 11 is 7.64. The van der Waals surface area contributed by atoms with Crippen LogP contribution in [-0.4, -0.2) is 43.4 Å². The van der Waals surface area contributed by atoms with Crippen LogP contribution in [0.15, 0.2) is 64.3 Å². The summed E-state index contributed by atoms with van der Waals surface area (Å²) < 4.78 is 26.5. The Morgan fingerprint density at radius 1 is 1.30 bits per heavy atom. The molecule has 2 aromatic carbocycles. The van der Waals surface area contributed by atoms with Crippen molar-refractivity contribution in [3.8, 4) is 0 Å². The normalized spacial score (nSPS) is 18.7. The second kappa shape index (κ2) is 9.68. The zero-order valence-corrected chi connectivity index (χ0v) is 20.2. The number of halogens is 1. The average molecular weight is 507 g/mol. The van der Waals surface area contributed by atoms with Gasteiger partial charge in [-0.25, -0.2) is 4.98 Å². The van der Waals surface area contributed by atoms with Gasteiger partial charge < -0.3 is 10.2 Å². The third-order valence-corrected chi connectivity index (χ3v) is 7.89. The van der Waals surface area contributed by atoms with Gasteiger partial charge in [-0.15, -0.1) is 11.3 Å². The van der Waals surface area contributed by atoms with Gasteiger partial charge in [-0.3, -0.25) is 9.69 Å². The minimum atomic E-state index is -4.21. The molecule has 0 saturated carbocycles. The lowest BCUT2D eigenvalue weighted by molar-refractivity contribution is -0.128. The Morgan fingerprint density at radius 3 is 2.76 bits per heavy atom. The topological polar surface area (TPSA) is 91.8 Å². The lowest BCUT2D eigenvalue weighted by Crippen LogP contribution is -2.38. The molecule has 1 aliphatic heterocycles. The van der Waals surface area contributed by atoms with E-state index in [4.69, 9.17) is 16.4 Å². The number of aromatic nitrogens is 1. The third-order valence-electron chi connectivity index (χ3n) is 5.44. The van der Waals surface area contributed by atoms with E-state index in [1.54, 1.807) is 6.07 Å². The van der Waals surface area contributed by atoms with E-state index in [9.17, 15) is 13.2 Å². The number of rotatable bonds is 9. The van der Waals surface area contributed by atoms with E-state index >= 15 is 0 Å². The van der Waals surface area contributed by atoms with E-state index < -0.39 is 10.0 Å². The molecular weight excluding hydrogens is 484 g/mol. The summed E-state index contributed by atoms with van der Waals surface area (Å²) in [6, 6.07) is 14.7. The molecule has 8 nitrogen and oxygen atoms in total. The van der Waals surface area contributed by atoms with Gasteiger partial charge in [-0.1, -0.05) is 46.4 Å². The van der Waals surface area contributed by atoms with E-state index in [-0.39, 0.29) is 27.7 Å². The molecule has 1 fully saturated rings. The van der Waals surface area contributed by atoms with Crippen LogP contribution >= 0.6 is 22.9 Å². The van der Waals surface area contributed by atoms with E-state index in [1.807, 2.05) is 18.2 Å². The van der Waals surface area contributed by atoms with Crippen LogP contribution in [0.4, 0.5) is 11.5 Å². The lowest BCUT2D eigenvalue weighted by Gasteiger charge is -2.28. The molecule has 4 rings (SSSR count). The molecule has 0 aliphatic carbocycles. The van der Waals surface area contributed by atoms with Crippen molar-refractivity contribution < 1.29 is 18.0 Å². The van der Waals surface area contributed by atoms with Crippen molar-refractivity contribution in [3.05, 3.63) is 70.0 Å². The van der Waals surface area contributed by atoms with Crippen molar-refractivity contribution in [2.45, 2.75) is 30.3 Å². The zero-order valence-electron chi connectivity index (χ0n) is 17.8. The first-order valence-electron chi connectivity index (χ1n) is 10.2. The highest BCUT2D eigenvalue weighted by Crippen LogP contribution is 2.33. The smallest absolute Gasteiger partial charge is 0.322 e. The number of nitrogens with one attached hydrogen (secondary N) is 1. The highest BCUT2D eigenvalue weighted by molar-refractivity contribution is 7.92.